The molecule has 1 heterocycles. The molecular formula is C14H17F2NO. The Labute approximate surface area is 105 Å². The Kier molecular flexibility index (Phi) is 2.87. The summed E-state index contributed by atoms with van der Waals surface area (Å²) >= 11 is 0. The van der Waals surface area contributed by atoms with E-state index in [0.29, 0.717) is 24.5 Å². The van der Waals surface area contributed by atoms with Crippen molar-refractivity contribution in [1.82, 2.24) is 0 Å². The van der Waals surface area contributed by atoms with Gasteiger partial charge in [-0.05, 0) is 43.2 Å². The van der Waals surface area contributed by atoms with Gasteiger partial charge in [-0.3, -0.25) is 0 Å². The second-order valence-electron chi connectivity index (χ2n) is 5.52. The van der Waals surface area contributed by atoms with Crippen LogP contribution in [0.3, 0.4) is 0 Å². The molecule has 18 heavy (non-hydrogen) atoms. The average molecular weight is 253 g/mol. The van der Waals surface area contributed by atoms with Gasteiger partial charge in [0.1, 0.15) is 11.6 Å². The summed E-state index contributed by atoms with van der Waals surface area (Å²) in [4.78, 5) is 0. The largest absolute Gasteiger partial charge is 0.376 e. The van der Waals surface area contributed by atoms with Crippen LogP contribution in [-0.4, -0.2) is 18.2 Å². The lowest BCUT2D eigenvalue weighted by atomic mass is 9.83. The van der Waals surface area contributed by atoms with E-state index in [9.17, 15) is 8.78 Å². The van der Waals surface area contributed by atoms with Gasteiger partial charge in [0.2, 0.25) is 0 Å². The number of benzene rings is 1. The van der Waals surface area contributed by atoms with Crippen molar-refractivity contribution in [3.63, 3.8) is 0 Å². The molecule has 2 aliphatic rings. The van der Waals surface area contributed by atoms with Crippen LogP contribution in [0.5, 0.6) is 0 Å². The molecule has 0 amide bonds. The number of hydrogen-bond acceptors (Lipinski definition) is 2. The molecule has 4 heteroatoms. The van der Waals surface area contributed by atoms with E-state index in [4.69, 9.17) is 10.5 Å². The van der Waals surface area contributed by atoms with E-state index < -0.39 is 17.2 Å². The molecule has 2 unspecified atom stereocenters. The molecule has 2 fully saturated rings. The standard InChI is InChI=1S/C14H17F2NO/c15-11-4-3-10(12(16)7-11)8-14(17)5-6-18-13(14)9-1-2-9/h3-4,7,9,13H,1-2,5-6,8,17H2. The fourth-order valence-corrected chi connectivity index (χ4v) is 2.90. The van der Waals surface area contributed by atoms with Crippen LogP contribution in [0.4, 0.5) is 8.78 Å². The normalized spacial score (nSPS) is 31.8. The van der Waals surface area contributed by atoms with Gasteiger partial charge < -0.3 is 10.5 Å². The van der Waals surface area contributed by atoms with E-state index in [1.165, 1.54) is 12.1 Å². The fourth-order valence-electron chi connectivity index (χ4n) is 2.90. The zero-order valence-corrected chi connectivity index (χ0v) is 10.2. The lowest BCUT2D eigenvalue weighted by Gasteiger charge is -2.30. The topological polar surface area (TPSA) is 35.2 Å². The molecule has 1 saturated heterocycles. The molecule has 2 N–H and O–H groups in total. The summed E-state index contributed by atoms with van der Waals surface area (Å²) in [7, 11) is 0. The van der Waals surface area contributed by atoms with Crippen molar-refractivity contribution in [2.75, 3.05) is 6.61 Å². The van der Waals surface area contributed by atoms with Gasteiger partial charge in [-0.2, -0.15) is 0 Å². The molecule has 0 radical (unpaired) electrons. The Morgan fingerprint density at radius 1 is 1.33 bits per heavy atom. The smallest absolute Gasteiger partial charge is 0.129 e. The van der Waals surface area contributed by atoms with Gasteiger partial charge in [-0.1, -0.05) is 6.07 Å². The minimum atomic E-state index is -0.552. The van der Waals surface area contributed by atoms with Crippen LogP contribution in [0.1, 0.15) is 24.8 Å². The van der Waals surface area contributed by atoms with Gasteiger partial charge >= 0.3 is 0 Å². The molecule has 0 spiro atoms. The van der Waals surface area contributed by atoms with Crippen molar-refractivity contribution in [2.45, 2.75) is 37.3 Å². The third-order valence-corrected chi connectivity index (χ3v) is 4.02. The van der Waals surface area contributed by atoms with Crippen molar-refractivity contribution in [1.29, 1.82) is 0 Å². The van der Waals surface area contributed by atoms with Crippen molar-refractivity contribution < 1.29 is 13.5 Å². The molecule has 2 nitrogen and oxygen atoms in total. The second kappa shape index (κ2) is 4.28. The third kappa shape index (κ3) is 2.15. The van der Waals surface area contributed by atoms with E-state index in [1.54, 1.807) is 0 Å². The Hall–Kier alpha value is -1.00. The maximum absolute atomic E-state index is 13.7. The van der Waals surface area contributed by atoms with Crippen LogP contribution in [0, 0.1) is 17.6 Å². The minimum Gasteiger partial charge on any atom is -0.376 e. The zero-order chi connectivity index (χ0) is 12.8. The highest BCUT2D eigenvalue weighted by molar-refractivity contribution is 5.23. The Bertz CT molecular complexity index is 461. The summed E-state index contributed by atoms with van der Waals surface area (Å²) in [6, 6.07) is 3.69. The molecule has 1 aromatic rings. The van der Waals surface area contributed by atoms with Crippen molar-refractivity contribution >= 4 is 0 Å². The molecule has 1 aliphatic heterocycles. The lowest BCUT2D eigenvalue weighted by Crippen LogP contribution is -2.50. The fraction of sp³-hybridized carbons (Fsp3) is 0.571. The third-order valence-electron chi connectivity index (χ3n) is 4.02. The highest BCUT2D eigenvalue weighted by Gasteiger charge is 2.48. The highest BCUT2D eigenvalue weighted by Crippen LogP contribution is 2.43. The molecule has 1 saturated carbocycles. The molecule has 2 atom stereocenters. The number of ether oxygens (including phenoxy) is 1. The van der Waals surface area contributed by atoms with Gasteiger partial charge in [0, 0.05) is 18.2 Å². The highest BCUT2D eigenvalue weighted by atomic mass is 19.1. The van der Waals surface area contributed by atoms with E-state index in [0.717, 1.165) is 25.3 Å². The number of hydrogen-bond donors (Lipinski definition) is 1. The first-order valence-electron chi connectivity index (χ1n) is 6.43. The first kappa shape index (κ1) is 12.1. The maximum Gasteiger partial charge on any atom is 0.129 e. The van der Waals surface area contributed by atoms with E-state index in [1.807, 2.05) is 0 Å². The molecule has 0 aromatic heterocycles. The quantitative estimate of drug-likeness (QED) is 0.897. The molecule has 1 aliphatic carbocycles. The first-order chi connectivity index (χ1) is 8.58. The summed E-state index contributed by atoms with van der Waals surface area (Å²) in [6.07, 6.45) is 3.48. The number of halogens is 2. The summed E-state index contributed by atoms with van der Waals surface area (Å²) in [5.74, 6) is -0.536. The van der Waals surface area contributed by atoms with Crippen LogP contribution in [0.2, 0.25) is 0 Å². The zero-order valence-electron chi connectivity index (χ0n) is 10.2. The Balaban J connectivity index is 1.81. The maximum atomic E-state index is 13.7. The predicted octanol–water partition coefficient (Wildman–Crippen LogP) is 2.40. The monoisotopic (exact) mass is 253 g/mol. The summed E-state index contributed by atoms with van der Waals surface area (Å²) < 4.78 is 32.3. The van der Waals surface area contributed by atoms with Crippen molar-refractivity contribution in [3.8, 4) is 0 Å². The van der Waals surface area contributed by atoms with E-state index in [2.05, 4.69) is 0 Å². The molecule has 0 bridgehead atoms. The van der Waals surface area contributed by atoms with Crippen LogP contribution in [0.15, 0.2) is 18.2 Å². The van der Waals surface area contributed by atoms with Crippen LogP contribution < -0.4 is 5.73 Å². The van der Waals surface area contributed by atoms with Crippen molar-refractivity contribution in [3.05, 3.63) is 35.4 Å². The number of rotatable bonds is 3. The predicted molar refractivity (Wildman–Crippen MR) is 64.1 cm³/mol. The van der Waals surface area contributed by atoms with Crippen molar-refractivity contribution in [2.24, 2.45) is 11.7 Å². The Morgan fingerprint density at radius 3 is 2.78 bits per heavy atom. The summed E-state index contributed by atoms with van der Waals surface area (Å²) in [5, 5.41) is 0. The summed E-state index contributed by atoms with van der Waals surface area (Å²) in [6.45, 7) is 0.639. The lowest BCUT2D eigenvalue weighted by molar-refractivity contribution is 0.0624. The van der Waals surface area contributed by atoms with Crippen LogP contribution in [0.25, 0.3) is 0 Å². The Morgan fingerprint density at radius 2 is 2.11 bits per heavy atom. The van der Waals surface area contributed by atoms with Gasteiger partial charge in [0.25, 0.3) is 0 Å². The number of nitrogens with two attached hydrogens (primary N) is 1. The SMILES string of the molecule is NC1(Cc2ccc(F)cc2F)CCOC1C1CC1. The first-order valence-corrected chi connectivity index (χ1v) is 6.43. The van der Waals surface area contributed by atoms with Gasteiger partial charge in [-0.15, -0.1) is 0 Å². The van der Waals surface area contributed by atoms with E-state index in [-0.39, 0.29) is 6.10 Å². The molecular weight excluding hydrogens is 236 g/mol. The summed E-state index contributed by atoms with van der Waals surface area (Å²) in [5.41, 5.74) is 6.38. The second-order valence-corrected chi connectivity index (χ2v) is 5.52. The van der Waals surface area contributed by atoms with E-state index >= 15 is 0 Å². The average Bonchev–Trinajstić information content (AvgIpc) is 3.07. The van der Waals surface area contributed by atoms with Crippen LogP contribution >= 0.6 is 0 Å². The van der Waals surface area contributed by atoms with Gasteiger partial charge in [0.05, 0.1) is 6.10 Å². The molecule has 98 valence electrons. The minimum absolute atomic E-state index is 0.0296. The molecule has 3 rings (SSSR count). The molecule has 1 aromatic carbocycles. The van der Waals surface area contributed by atoms with Gasteiger partial charge in [0.15, 0.2) is 0 Å². The van der Waals surface area contributed by atoms with Crippen LogP contribution in [-0.2, 0) is 11.2 Å². The van der Waals surface area contributed by atoms with Gasteiger partial charge in [-0.25, -0.2) is 8.78 Å².